The van der Waals surface area contributed by atoms with Crippen LogP contribution < -0.4 is 4.74 Å². The molecule has 1 rings (SSSR count). The summed E-state index contributed by atoms with van der Waals surface area (Å²) in [6.07, 6.45) is 0.882. The molecule has 0 heterocycles. The van der Waals surface area contributed by atoms with E-state index in [4.69, 9.17) is 4.74 Å². The highest BCUT2D eigenvalue weighted by atomic mass is 16.5. The van der Waals surface area contributed by atoms with Crippen LogP contribution >= 0.6 is 0 Å². The standard InChI is InChI=1S/C13H18O2/c1-5-12-9(3)7-11(15-6-2)8-13(12)10(4)14/h7-8H,5-6H2,1-4H3. The molecule has 82 valence electrons. The molecule has 0 N–H and O–H groups in total. The number of carbonyl (C=O) groups is 1. The first-order valence-electron chi connectivity index (χ1n) is 5.37. The predicted octanol–water partition coefficient (Wildman–Crippen LogP) is 3.16. The molecule has 2 nitrogen and oxygen atoms in total. The molecule has 0 unspecified atom stereocenters. The first-order chi connectivity index (χ1) is 7.10. The molecular formula is C13H18O2. The molecule has 0 aromatic heterocycles. The van der Waals surface area contributed by atoms with Gasteiger partial charge in [0.25, 0.3) is 0 Å². The summed E-state index contributed by atoms with van der Waals surface area (Å²) in [6.45, 7) is 8.26. The van der Waals surface area contributed by atoms with Crippen molar-refractivity contribution < 1.29 is 9.53 Å². The molecule has 0 bridgehead atoms. The minimum absolute atomic E-state index is 0.108. The fraction of sp³-hybridized carbons (Fsp3) is 0.462. The van der Waals surface area contributed by atoms with Crippen LogP contribution in [-0.4, -0.2) is 12.4 Å². The number of hydrogen-bond acceptors (Lipinski definition) is 2. The normalized spacial score (nSPS) is 10.1. The summed E-state index contributed by atoms with van der Waals surface area (Å²) in [5, 5.41) is 0. The van der Waals surface area contributed by atoms with Crippen molar-refractivity contribution in [1.82, 2.24) is 0 Å². The highest BCUT2D eigenvalue weighted by Gasteiger charge is 2.10. The summed E-state index contributed by atoms with van der Waals surface area (Å²) in [5.74, 6) is 0.897. The van der Waals surface area contributed by atoms with E-state index in [0.29, 0.717) is 6.61 Å². The second-order valence-electron chi connectivity index (χ2n) is 3.61. The number of rotatable bonds is 4. The van der Waals surface area contributed by atoms with E-state index in [2.05, 4.69) is 6.92 Å². The smallest absolute Gasteiger partial charge is 0.160 e. The Balaban J connectivity index is 3.25. The second-order valence-corrected chi connectivity index (χ2v) is 3.61. The van der Waals surface area contributed by atoms with Gasteiger partial charge in [-0.3, -0.25) is 4.79 Å². The van der Waals surface area contributed by atoms with Crippen LogP contribution in [0.1, 0.15) is 42.3 Å². The van der Waals surface area contributed by atoms with Gasteiger partial charge in [0, 0.05) is 5.56 Å². The SMILES string of the molecule is CCOc1cc(C)c(CC)c(C(C)=O)c1. The maximum atomic E-state index is 11.5. The molecule has 0 aliphatic heterocycles. The van der Waals surface area contributed by atoms with Crippen molar-refractivity contribution in [3.63, 3.8) is 0 Å². The third-order valence-corrected chi connectivity index (χ3v) is 2.49. The van der Waals surface area contributed by atoms with Crippen LogP contribution in [0.2, 0.25) is 0 Å². The lowest BCUT2D eigenvalue weighted by atomic mass is 9.97. The Bertz CT molecular complexity index is 367. The van der Waals surface area contributed by atoms with Crippen molar-refractivity contribution in [1.29, 1.82) is 0 Å². The molecule has 0 aliphatic carbocycles. The van der Waals surface area contributed by atoms with Crippen LogP contribution in [0, 0.1) is 6.92 Å². The van der Waals surface area contributed by atoms with Crippen LogP contribution in [-0.2, 0) is 6.42 Å². The van der Waals surface area contributed by atoms with Crippen LogP contribution in [0.25, 0.3) is 0 Å². The summed E-state index contributed by atoms with van der Waals surface area (Å²) in [4.78, 5) is 11.5. The van der Waals surface area contributed by atoms with Gasteiger partial charge in [-0.25, -0.2) is 0 Å². The minimum Gasteiger partial charge on any atom is -0.494 e. The average Bonchev–Trinajstić information content (AvgIpc) is 2.17. The molecule has 2 heteroatoms. The lowest BCUT2D eigenvalue weighted by Crippen LogP contribution is -2.03. The van der Waals surface area contributed by atoms with E-state index in [-0.39, 0.29) is 5.78 Å². The molecule has 0 fully saturated rings. The Hall–Kier alpha value is -1.31. The molecule has 1 aromatic carbocycles. The molecule has 1 aromatic rings. The quantitative estimate of drug-likeness (QED) is 0.707. The van der Waals surface area contributed by atoms with Gasteiger partial charge >= 0.3 is 0 Å². The number of Topliss-reactive ketones (excluding diaryl/α,β-unsaturated/α-hetero) is 1. The fourth-order valence-corrected chi connectivity index (χ4v) is 1.82. The number of ketones is 1. The van der Waals surface area contributed by atoms with Crippen LogP contribution in [0.3, 0.4) is 0 Å². The van der Waals surface area contributed by atoms with Crippen molar-refractivity contribution in [3.8, 4) is 5.75 Å². The Labute approximate surface area is 91.3 Å². The van der Waals surface area contributed by atoms with E-state index >= 15 is 0 Å². The molecule has 0 saturated carbocycles. The van der Waals surface area contributed by atoms with Gasteiger partial charge in [0.2, 0.25) is 0 Å². The number of hydrogen-bond donors (Lipinski definition) is 0. The molecule has 15 heavy (non-hydrogen) atoms. The maximum absolute atomic E-state index is 11.5. The van der Waals surface area contributed by atoms with Gasteiger partial charge in [0.1, 0.15) is 5.75 Å². The maximum Gasteiger partial charge on any atom is 0.160 e. The number of benzene rings is 1. The molecule has 0 saturated heterocycles. The van der Waals surface area contributed by atoms with E-state index in [1.54, 1.807) is 6.92 Å². The third-order valence-electron chi connectivity index (χ3n) is 2.49. The lowest BCUT2D eigenvalue weighted by molar-refractivity contribution is 0.101. The first-order valence-corrected chi connectivity index (χ1v) is 5.37. The molecule has 0 aliphatic rings. The number of ether oxygens (including phenoxy) is 1. The van der Waals surface area contributed by atoms with Crippen molar-refractivity contribution in [2.24, 2.45) is 0 Å². The zero-order valence-electron chi connectivity index (χ0n) is 9.89. The average molecular weight is 206 g/mol. The zero-order chi connectivity index (χ0) is 11.4. The largest absolute Gasteiger partial charge is 0.494 e. The van der Waals surface area contributed by atoms with Crippen LogP contribution in [0.5, 0.6) is 5.75 Å². The highest BCUT2D eigenvalue weighted by Crippen LogP contribution is 2.23. The van der Waals surface area contributed by atoms with E-state index in [9.17, 15) is 4.79 Å². The van der Waals surface area contributed by atoms with E-state index in [1.165, 1.54) is 0 Å². The van der Waals surface area contributed by atoms with Crippen molar-refractivity contribution in [2.45, 2.75) is 34.1 Å². The molecule has 0 amide bonds. The number of carbonyl (C=O) groups excluding carboxylic acids is 1. The molecule has 0 atom stereocenters. The molecule has 0 radical (unpaired) electrons. The summed E-state index contributed by atoms with van der Waals surface area (Å²) < 4.78 is 5.42. The van der Waals surface area contributed by atoms with Crippen molar-refractivity contribution in [2.75, 3.05) is 6.61 Å². The fourth-order valence-electron chi connectivity index (χ4n) is 1.82. The van der Waals surface area contributed by atoms with E-state index in [1.807, 2.05) is 26.0 Å². The summed E-state index contributed by atoms with van der Waals surface area (Å²) >= 11 is 0. The Morgan fingerprint density at radius 3 is 2.47 bits per heavy atom. The van der Waals surface area contributed by atoms with Gasteiger partial charge in [-0.2, -0.15) is 0 Å². The monoisotopic (exact) mass is 206 g/mol. The van der Waals surface area contributed by atoms with E-state index < -0.39 is 0 Å². The van der Waals surface area contributed by atoms with Gasteiger partial charge in [-0.05, 0) is 50.5 Å². The first kappa shape index (κ1) is 11.8. The van der Waals surface area contributed by atoms with E-state index in [0.717, 1.165) is 28.9 Å². The van der Waals surface area contributed by atoms with Gasteiger partial charge in [0.05, 0.1) is 6.61 Å². The summed E-state index contributed by atoms with van der Waals surface area (Å²) in [5.41, 5.74) is 3.06. The topological polar surface area (TPSA) is 26.3 Å². The van der Waals surface area contributed by atoms with Crippen LogP contribution in [0.15, 0.2) is 12.1 Å². The van der Waals surface area contributed by atoms with Gasteiger partial charge in [0.15, 0.2) is 5.78 Å². The molecule has 0 spiro atoms. The minimum atomic E-state index is 0.108. The summed E-state index contributed by atoms with van der Waals surface area (Å²) in [6, 6.07) is 3.84. The van der Waals surface area contributed by atoms with Gasteiger partial charge in [-0.15, -0.1) is 0 Å². The second kappa shape index (κ2) is 4.96. The van der Waals surface area contributed by atoms with Crippen molar-refractivity contribution >= 4 is 5.78 Å². The third kappa shape index (κ3) is 2.58. The lowest BCUT2D eigenvalue weighted by Gasteiger charge is -2.12. The summed E-state index contributed by atoms with van der Waals surface area (Å²) in [7, 11) is 0. The van der Waals surface area contributed by atoms with Gasteiger partial charge < -0.3 is 4.74 Å². The zero-order valence-corrected chi connectivity index (χ0v) is 9.89. The van der Waals surface area contributed by atoms with Crippen LogP contribution in [0.4, 0.5) is 0 Å². The Kier molecular flexibility index (Phi) is 3.89. The Morgan fingerprint density at radius 1 is 1.33 bits per heavy atom. The Morgan fingerprint density at radius 2 is 2.00 bits per heavy atom. The van der Waals surface area contributed by atoms with Gasteiger partial charge in [-0.1, -0.05) is 6.92 Å². The van der Waals surface area contributed by atoms with Crippen molar-refractivity contribution in [3.05, 3.63) is 28.8 Å². The number of aryl methyl sites for hydroxylation is 1. The highest BCUT2D eigenvalue weighted by molar-refractivity contribution is 5.96. The predicted molar refractivity (Wildman–Crippen MR) is 61.7 cm³/mol. The molecular weight excluding hydrogens is 188 g/mol.